The highest BCUT2D eigenvalue weighted by atomic mass is 32.2. The van der Waals surface area contributed by atoms with E-state index in [-0.39, 0.29) is 6.04 Å². The predicted octanol–water partition coefficient (Wildman–Crippen LogP) is 1.34. The number of nitrogens with zero attached hydrogens (tertiary/aromatic N) is 2. The molecule has 2 aliphatic rings. The minimum atomic E-state index is 0.198. The SMILES string of the molecule is N#CC1CSCCN1CC1CC1. The second-order valence-corrected chi connectivity index (χ2v) is 4.81. The maximum absolute atomic E-state index is 8.89. The summed E-state index contributed by atoms with van der Waals surface area (Å²) in [6.07, 6.45) is 2.78. The molecule has 1 aliphatic heterocycles. The van der Waals surface area contributed by atoms with E-state index in [1.54, 1.807) is 0 Å². The molecule has 2 nitrogen and oxygen atoms in total. The Hall–Kier alpha value is -0.200. The molecule has 2 fully saturated rings. The number of hydrogen-bond acceptors (Lipinski definition) is 3. The highest BCUT2D eigenvalue weighted by Gasteiger charge is 2.29. The summed E-state index contributed by atoms with van der Waals surface area (Å²) in [7, 11) is 0. The molecule has 1 aliphatic carbocycles. The number of rotatable bonds is 2. The highest BCUT2D eigenvalue weighted by Crippen LogP contribution is 2.31. The Morgan fingerprint density at radius 2 is 2.33 bits per heavy atom. The summed E-state index contributed by atoms with van der Waals surface area (Å²) in [6, 6.07) is 2.59. The van der Waals surface area contributed by atoms with Crippen LogP contribution in [0.2, 0.25) is 0 Å². The van der Waals surface area contributed by atoms with Gasteiger partial charge in [0.2, 0.25) is 0 Å². The fourth-order valence-corrected chi connectivity index (χ4v) is 2.65. The molecule has 3 heteroatoms. The van der Waals surface area contributed by atoms with Crippen molar-refractivity contribution in [3.8, 4) is 6.07 Å². The lowest BCUT2D eigenvalue weighted by molar-refractivity contribution is 0.247. The second kappa shape index (κ2) is 3.68. The van der Waals surface area contributed by atoms with Crippen molar-refractivity contribution < 1.29 is 0 Å². The molecule has 0 radical (unpaired) electrons. The van der Waals surface area contributed by atoms with Gasteiger partial charge in [-0.15, -0.1) is 0 Å². The van der Waals surface area contributed by atoms with Gasteiger partial charge in [-0.25, -0.2) is 0 Å². The lowest BCUT2D eigenvalue weighted by atomic mass is 10.2. The van der Waals surface area contributed by atoms with Gasteiger partial charge in [-0.05, 0) is 18.8 Å². The van der Waals surface area contributed by atoms with Crippen LogP contribution in [0.4, 0.5) is 0 Å². The van der Waals surface area contributed by atoms with Crippen LogP contribution in [0, 0.1) is 17.2 Å². The third kappa shape index (κ3) is 1.94. The smallest absolute Gasteiger partial charge is 0.107 e. The minimum absolute atomic E-state index is 0.198. The number of nitriles is 1. The van der Waals surface area contributed by atoms with Crippen LogP contribution in [0.5, 0.6) is 0 Å². The molecule has 0 aromatic heterocycles. The van der Waals surface area contributed by atoms with Gasteiger partial charge in [0.25, 0.3) is 0 Å². The van der Waals surface area contributed by atoms with Gasteiger partial charge in [0.1, 0.15) is 6.04 Å². The Morgan fingerprint density at radius 1 is 1.50 bits per heavy atom. The molecular formula is C9H14N2S. The van der Waals surface area contributed by atoms with Crippen LogP contribution in [-0.2, 0) is 0 Å². The van der Waals surface area contributed by atoms with E-state index in [0.717, 1.165) is 18.2 Å². The summed E-state index contributed by atoms with van der Waals surface area (Å²) in [4.78, 5) is 2.37. The Balaban J connectivity index is 1.86. The van der Waals surface area contributed by atoms with Gasteiger partial charge >= 0.3 is 0 Å². The van der Waals surface area contributed by atoms with E-state index in [4.69, 9.17) is 5.26 Å². The molecule has 0 amide bonds. The van der Waals surface area contributed by atoms with E-state index in [2.05, 4.69) is 11.0 Å². The van der Waals surface area contributed by atoms with E-state index >= 15 is 0 Å². The van der Waals surface area contributed by atoms with Gasteiger partial charge in [0.15, 0.2) is 0 Å². The molecule has 0 bridgehead atoms. The fraction of sp³-hybridized carbons (Fsp3) is 0.889. The zero-order valence-electron chi connectivity index (χ0n) is 7.20. The zero-order chi connectivity index (χ0) is 8.39. The average molecular weight is 182 g/mol. The molecule has 0 aromatic carbocycles. The Labute approximate surface area is 77.9 Å². The zero-order valence-corrected chi connectivity index (χ0v) is 8.02. The first-order valence-corrected chi connectivity index (χ1v) is 5.77. The van der Waals surface area contributed by atoms with Crippen LogP contribution in [0.25, 0.3) is 0 Å². The minimum Gasteiger partial charge on any atom is -0.286 e. The largest absolute Gasteiger partial charge is 0.286 e. The summed E-state index contributed by atoms with van der Waals surface area (Å²) in [6.45, 7) is 2.30. The molecule has 1 heterocycles. The van der Waals surface area contributed by atoms with Crippen LogP contribution >= 0.6 is 11.8 Å². The number of hydrogen-bond donors (Lipinski definition) is 0. The van der Waals surface area contributed by atoms with E-state index < -0.39 is 0 Å². The second-order valence-electron chi connectivity index (χ2n) is 3.66. The van der Waals surface area contributed by atoms with E-state index in [1.807, 2.05) is 11.8 Å². The van der Waals surface area contributed by atoms with Crippen molar-refractivity contribution in [2.24, 2.45) is 5.92 Å². The van der Waals surface area contributed by atoms with Crippen LogP contribution in [0.15, 0.2) is 0 Å². The van der Waals surface area contributed by atoms with E-state index in [0.29, 0.717) is 0 Å². The molecule has 1 saturated carbocycles. The molecule has 2 rings (SSSR count). The fourth-order valence-electron chi connectivity index (χ4n) is 1.61. The summed E-state index contributed by atoms with van der Waals surface area (Å²) in [5, 5.41) is 8.89. The molecule has 12 heavy (non-hydrogen) atoms. The normalized spacial score (nSPS) is 31.4. The van der Waals surface area contributed by atoms with Gasteiger partial charge in [0, 0.05) is 24.6 Å². The van der Waals surface area contributed by atoms with Crippen LogP contribution in [0.3, 0.4) is 0 Å². The molecule has 1 unspecified atom stereocenters. The van der Waals surface area contributed by atoms with Crippen LogP contribution < -0.4 is 0 Å². The first-order chi connectivity index (χ1) is 5.90. The Bertz CT molecular complexity index is 195. The van der Waals surface area contributed by atoms with Gasteiger partial charge in [-0.3, -0.25) is 4.90 Å². The Kier molecular flexibility index (Phi) is 2.57. The van der Waals surface area contributed by atoms with E-state index in [1.165, 1.54) is 25.1 Å². The highest BCUT2D eigenvalue weighted by molar-refractivity contribution is 7.99. The molecule has 0 aromatic rings. The summed E-state index contributed by atoms with van der Waals surface area (Å²) in [5.74, 6) is 3.15. The van der Waals surface area contributed by atoms with Crippen molar-refractivity contribution in [2.45, 2.75) is 18.9 Å². The summed E-state index contributed by atoms with van der Waals surface area (Å²) >= 11 is 1.91. The molecule has 1 saturated heterocycles. The summed E-state index contributed by atoms with van der Waals surface area (Å²) < 4.78 is 0. The molecule has 66 valence electrons. The van der Waals surface area contributed by atoms with Gasteiger partial charge in [-0.1, -0.05) is 0 Å². The third-order valence-electron chi connectivity index (χ3n) is 2.58. The van der Waals surface area contributed by atoms with Gasteiger partial charge in [0.05, 0.1) is 6.07 Å². The van der Waals surface area contributed by atoms with E-state index in [9.17, 15) is 0 Å². The van der Waals surface area contributed by atoms with Crippen molar-refractivity contribution in [2.75, 3.05) is 24.6 Å². The van der Waals surface area contributed by atoms with Crippen molar-refractivity contribution in [1.82, 2.24) is 4.90 Å². The predicted molar refractivity (Wildman–Crippen MR) is 51.0 cm³/mol. The first-order valence-electron chi connectivity index (χ1n) is 4.61. The first kappa shape index (κ1) is 8.40. The van der Waals surface area contributed by atoms with Gasteiger partial charge < -0.3 is 0 Å². The Morgan fingerprint density at radius 3 is 3.00 bits per heavy atom. The lowest BCUT2D eigenvalue weighted by Crippen LogP contribution is -2.42. The quantitative estimate of drug-likeness (QED) is 0.645. The average Bonchev–Trinajstić information content (AvgIpc) is 2.89. The van der Waals surface area contributed by atoms with Crippen molar-refractivity contribution in [3.63, 3.8) is 0 Å². The lowest BCUT2D eigenvalue weighted by Gasteiger charge is -2.30. The molecule has 1 atom stereocenters. The molecule has 0 spiro atoms. The maximum Gasteiger partial charge on any atom is 0.107 e. The molecular weight excluding hydrogens is 168 g/mol. The third-order valence-corrected chi connectivity index (χ3v) is 3.60. The molecule has 0 N–H and O–H groups in total. The maximum atomic E-state index is 8.89. The van der Waals surface area contributed by atoms with Crippen LogP contribution in [-0.4, -0.2) is 35.5 Å². The standard InChI is InChI=1S/C9H14N2S/c10-5-9-7-12-4-3-11(9)6-8-1-2-8/h8-9H,1-4,6-7H2. The number of thioether (sulfide) groups is 1. The monoisotopic (exact) mass is 182 g/mol. The van der Waals surface area contributed by atoms with Crippen molar-refractivity contribution in [3.05, 3.63) is 0 Å². The van der Waals surface area contributed by atoms with Crippen molar-refractivity contribution in [1.29, 1.82) is 5.26 Å². The van der Waals surface area contributed by atoms with Gasteiger partial charge in [-0.2, -0.15) is 17.0 Å². The van der Waals surface area contributed by atoms with Crippen LogP contribution in [0.1, 0.15) is 12.8 Å². The summed E-state index contributed by atoms with van der Waals surface area (Å²) in [5.41, 5.74) is 0. The van der Waals surface area contributed by atoms with Crippen molar-refractivity contribution >= 4 is 11.8 Å². The topological polar surface area (TPSA) is 27.0 Å².